The van der Waals surface area contributed by atoms with E-state index in [4.69, 9.17) is 4.74 Å². The summed E-state index contributed by atoms with van der Waals surface area (Å²) in [5.74, 6) is -1.92. The fraction of sp³-hybridized carbons (Fsp3) is 0.381. The number of carbonyl (C=O) groups excluding carboxylic acids is 1. The molecule has 1 aliphatic heterocycles. The topological polar surface area (TPSA) is 41.6 Å². The molecule has 1 N–H and O–H groups in total. The third kappa shape index (κ3) is 5.50. The molecule has 0 saturated carbocycles. The molecule has 2 aromatic carbocycles. The second-order valence-electron chi connectivity index (χ2n) is 6.88. The van der Waals surface area contributed by atoms with Gasteiger partial charge < -0.3 is 10.1 Å². The second-order valence-corrected chi connectivity index (χ2v) is 6.88. The molecule has 144 valence electrons. The van der Waals surface area contributed by atoms with E-state index < -0.39 is 17.7 Å². The van der Waals surface area contributed by atoms with Crippen molar-refractivity contribution in [1.29, 1.82) is 0 Å². The highest BCUT2D eigenvalue weighted by Gasteiger charge is 2.24. The van der Waals surface area contributed by atoms with E-state index in [1.807, 2.05) is 18.2 Å². The van der Waals surface area contributed by atoms with Crippen LogP contribution >= 0.6 is 0 Å². The number of piperidine rings is 1. The molecule has 6 heteroatoms. The predicted octanol–water partition coefficient (Wildman–Crippen LogP) is 3.51. The number of carbonyl (C=O) groups is 1. The van der Waals surface area contributed by atoms with Gasteiger partial charge in [-0.1, -0.05) is 30.3 Å². The standard InChI is InChI=1S/C21H24F2N2O2/c1-15(27-20-8-7-17(22)13-19(20)23)21(26)24-18-9-11-25(12-10-18)14-16-5-3-2-4-6-16/h2-8,13,15,18H,9-12,14H2,1H3,(H,24,26)/t15-/m1/s1. The molecule has 1 amide bonds. The number of rotatable bonds is 6. The number of nitrogens with one attached hydrogen (secondary N) is 1. The summed E-state index contributed by atoms with van der Waals surface area (Å²) >= 11 is 0. The number of ether oxygens (including phenoxy) is 1. The largest absolute Gasteiger partial charge is 0.478 e. The van der Waals surface area contributed by atoms with Crippen LogP contribution < -0.4 is 10.1 Å². The van der Waals surface area contributed by atoms with E-state index in [2.05, 4.69) is 22.3 Å². The van der Waals surface area contributed by atoms with E-state index in [1.54, 1.807) is 6.92 Å². The number of amides is 1. The molecule has 0 unspecified atom stereocenters. The van der Waals surface area contributed by atoms with Crippen LogP contribution in [0.25, 0.3) is 0 Å². The van der Waals surface area contributed by atoms with Crippen LogP contribution in [0, 0.1) is 11.6 Å². The van der Waals surface area contributed by atoms with E-state index in [0.717, 1.165) is 44.6 Å². The van der Waals surface area contributed by atoms with Crippen molar-refractivity contribution < 1.29 is 18.3 Å². The van der Waals surface area contributed by atoms with E-state index >= 15 is 0 Å². The highest BCUT2D eigenvalue weighted by Crippen LogP contribution is 2.19. The maximum Gasteiger partial charge on any atom is 0.260 e. The molecule has 1 fully saturated rings. The quantitative estimate of drug-likeness (QED) is 0.841. The van der Waals surface area contributed by atoms with Crippen molar-refractivity contribution in [1.82, 2.24) is 10.2 Å². The number of benzene rings is 2. The molecule has 0 radical (unpaired) electrons. The summed E-state index contributed by atoms with van der Waals surface area (Å²) < 4.78 is 31.9. The minimum atomic E-state index is -0.854. The van der Waals surface area contributed by atoms with Gasteiger partial charge in [0.25, 0.3) is 5.91 Å². The molecular formula is C21H24F2N2O2. The molecule has 0 spiro atoms. The minimum Gasteiger partial charge on any atom is -0.478 e. The van der Waals surface area contributed by atoms with Crippen molar-refractivity contribution >= 4 is 5.91 Å². The molecule has 1 saturated heterocycles. The number of hydrogen-bond donors (Lipinski definition) is 1. The van der Waals surface area contributed by atoms with Gasteiger partial charge in [0.15, 0.2) is 17.7 Å². The van der Waals surface area contributed by atoms with Gasteiger partial charge in [-0.2, -0.15) is 0 Å². The molecule has 2 aromatic rings. The molecule has 4 nitrogen and oxygen atoms in total. The summed E-state index contributed by atoms with van der Waals surface area (Å²) in [6.07, 6.45) is 0.860. The average Bonchev–Trinajstić information content (AvgIpc) is 2.66. The van der Waals surface area contributed by atoms with Crippen LogP contribution in [0.4, 0.5) is 8.78 Å². The Morgan fingerprint density at radius 2 is 1.89 bits per heavy atom. The Bertz CT molecular complexity index is 762. The fourth-order valence-corrected chi connectivity index (χ4v) is 3.21. The first-order valence-corrected chi connectivity index (χ1v) is 9.19. The molecule has 27 heavy (non-hydrogen) atoms. The van der Waals surface area contributed by atoms with E-state index in [9.17, 15) is 13.6 Å². The molecule has 1 aliphatic rings. The van der Waals surface area contributed by atoms with Crippen molar-refractivity contribution in [3.05, 3.63) is 65.7 Å². The van der Waals surface area contributed by atoms with Crippen LogP contribution in [-0.2, 0) is 11.3 Å². The van der Waals surface area contributed by atoms with Crippen LogP contribution in [-0.4, -0.2) is 36.0 Å². The third-order valence-corrected chi connectivity index (χ3v) is 4.75. The Morgan fingerprint density at radius 3 is 2.56 bits per heavy atom. The Hall–Kier alpha value is -2.47. The Morgan fingerprint density at radius 1 is 1.19 bits per heavy atom. The zero-order valence-electron chi connectivity index (χ0n) is 15.3. The van der Waals surface area contributed by atoms with Gasteiger partial charge in [0.05, 0.1) is 0 Å². The zero-order valence-corrected chi connectivity index (χ0v) is 15.3. The fourth-order valence-electron chi connectivity index (χ4n) is 3.21. The Kier molecular flexibility index (Phi) is 6.40. The van der Waals surface area contributed by atoms with Crippen LogP contribution in [0.2, 0.25) is 0 Å². The summed E-state index contributed by atoms with van der Waals surface area (Å²) in [7, 11) is 0. The van der Waals surface area contributed by atoms with Crippen molar-refractivity contribution in [2.75, 3.05) is 13.1 Å². The van der Waals surface area contributed by atoms with E-state index in [-0.39, 0.29) is 17.7 Å². The Balaban J connectivity index is 1.44. The molecule has 1 atom stereocenters. The first-order valence-electron chi connectivity index (χ1n) is 9.19. The van der Waals surface area contributed by atoms with Crippen molar-refractivity contribution in [3.8, 4) is 5.75 Å². The lowest BCUT2D eigenvalue weighted by Gasteiger charge is -2.32. The first kappa shape index (κ1) is 19.3. The molecule has 0 aromatic heterocycles. The molecule has 3 rings (SSSR count). The summed E-state index contributed by atoms with van der Waals surface area (Å²) in [5.41, 5.74) is 1.28. The highest BCUT2D eigenvalue weighted by molar-refractivity contribution is 5.81. The van der Waals surface area contributed by atoms with Crippen LogP contribution in [0.3, 0.4) is 0 Å². The molecular weight excluding hydrogens is 350 g/mol. The normalized spacial score (nSPS) is 16.7. The molecule has 0 bridgehead atoms. The SMILES string of the molecule is C[C@@H](Oc1ccc(F)cc1F)C(=O)NC1CCN(Cc2ccccc2)CC1. The summed E-state index contributed by atoms with van der Waals surface area (Å²) in [5, 5.41) is 2.97. The van der Waals surface area contributed by atoms with E-state index in [0.29, 0.717) is 0 Å². The van der Waals surface area contributed by atoms with Gasteiger partial charge in [-0.05, 0) is 37.5 Å². The lowest BCUT2D eigenvalue weighted by molar-refractivity contribution is -0.128. The lowest BCUT2D eigenvalue weighted by atomic mass is 10.0. The summed E-state index contributed by atoms with van der Waals surface area (Å²) in [6.45, 7) is 4.27. The van der Waals surface area contributed by atoms with Gasteiger partial charge in [-0.25, -0.2) is 8.78 Å². The highest BCUT2D eigenvalue weighted by atomic mass is 19.1. The predicted molar refractivity (Wildman–Crippen MR) is 99.3 cm³/mol. The van der Waals surface area contributed by atoms with Gasteiger partial charge >= 0.3 is 0 Å². The zero-order chi connectivity index (χ0) is 19.2. The number of likely N-dealkylation sites (tertiary alicyclic amines) is 1. The van der Waals surface area contributed by atoms with Gasteiger partial charge in [0, 0.05) is 31.7 Å². The average molecular weight is 374 g/mol. The van der Waals surface area contributed by atoms with Gasteiger partial charge in [-0.15, -0.1) is 0 Å². The third-order valence-electron chi connectivity index (χ3n) is 4.75. The number of hydrogen-bond acceptors (Lipinski definition) is 3. The minimum absolute atomic E-state index is 0.0774. The van der Waals surface area contributed by atoms with Crippen LogP contribution in [0.15, 0.2) is 48.5 Å². The maximum absolute atomic E-state index is 13.7. The van der Waals surface area contributed by atoms with Crippen molar-refractivity contribution in [2.24, 2.45) is 0 Å². The lowest BCUT2D eigenvalue weighted by Crippen LogP contribution is -2.47. The Labute approximate surface area is 158 Å². The smallest absolute Gasteiger partial charge is 0.260 e. The van der Waals surface area contributed by atoms with Gasteiger partial charge in [-0.3, -0.25) is 9.69 Å². The van der Waals surface area contributed by atoms with Gasteiger partial charge in [0.2, 0.25) is 0 Å². The number of halogens is 2. The molecule has 0 aliphatic carbocycles. The van der Waals surface area contributed by atoms with Crippen LogP contribution in [0.1, 0.15) is 25.3 Å². The van der Waals surface area contributed by atoms with Crippen LogP contribution in [0.5, 0.6) is 5.75 Å². The first-order chi connectivity index (χ1) is 13.0. The monoisotopic (exact) mass is 374 g/mol. The van der Waals surface area contributed by atoms with Crippen molar-refractivity contribution in [2.45, 2.75) is 38.5 Å². The van der Waals surface area contributed by atoms with Gasteiger partial charge in [0.1, 0.15) is 5.82 Å². The maximum atomic E-state index is 13.7. The van der Waals surface area contributed by atoms with Crippen molar-refractivity contribution in [3.63, 3.8) is 0 Å². The van der Waals surface area contributed by atoms with E-state index in [1.165, 1.54) is 11.6 Å². The number of nitrogens with zero attached hydrogens (tertiary/aromatic N) is 1. The summed E-state index contributed by atoms with van der Waals surface area (Å²) in [6, 6.07) is 13.4. The second kappa shape index (κ2) is 8.95. The molecule has 1 heterocycles. The summed E-state index contributed by atoms with van der Waals surface area (Å²) in [4.78, 5) is 14.7.